The van der Waals surface area contributed by atoms with E-state index >= 15 is 0 Å². The summed E-state index contributed by atoms with van der Waals surface area (Å²) in [5, 5.41) is 18.3. The summed E-state index contributed by atoms with van der Waals surface area (Å²) < 4.78 is 0. The van der Waals surface area contributed by atoms with Gasteiger partial charge < -0.3 is 5.11 Å². The molecule has 0 aliphatic carbocycles. The van der Waals surface area contributed by atoms with Crippen LogP contribution in [0.4, 0.5) is 0 Å². The zero-order valence-electron chi connectivity index (χ0n) is 8.94. The van der Waals surface area contributed by atoms with Crippen LogP contribution in [-0.2, 0) is 0 Å². The molecule has 0 aliphatic rings. The topological polar surface area (TPSA) is 44.0 Å². The third kappa shape index (κ3) is 1.76. The molecule has 0 radical (unpaired) electrons. The number of rotatable bonds is 1. The van der Waals surface area contributed by atoms with Gasteiger partial charge in [0.25, 0.3) is 0 Å². The van der Waals surface area contributed by atoms with E-state index in [1.54, 1.807) is 12.1 Å². The highest BCUT2D eigenvalue weighted by molar-refractivity contribution is 5.69. The first kappa shape index (κ1) is 10.3. The SMILES string of the molecule is Cc1ccccc1-c1ccc(O)c(C#N)c1. The van der Waals surface area contributed by atoms with Crippen molar-refractivity contribution in [2.45, 2.75) is 6.92 Å². The summed E-state index contributed by atoms with van der Waals surface area (Å²) in [6.07, 6.45) is 0. The monoisotopic (exact) mass is 209 g/mol. The van der Waals surface area contributed by atoms with Crippen molar-refractivity contribution in [1.29, 1.82) is 5.26 Å². The van der Waals surface area contributed by atoms with Crippen LogP contribution >= 0.6 is 0 Å². The van der Waals surface area contributed by atoms with E-state index in [-0.39, 0.29) is 5.75 Å². The molecule has 16 heavy (non-hydrogen) atoms. The molecule has 0 aliphatic heterocycles. The Morgan fingerprint density at radius 2 is 1.88 bits per heavy atom. The highest BCUT2D eigenvalue weighted by Crippen LogP contribution is 2.27. The van der Waals surface area contributed by atoms with Crippen molar-refractivity contribution in [2.24, 2.45) is 0 Å². The van der Waals surface area contributed by atoms with Gasteiger partial charge in [0.2, 0.25) is 0 Å². The Kier molecular flexibility index (Phi) is 2.61. The molecule has 0 unspecified atom stereocenters. The molecular weight excluding hydrogens is 198 g/mol. The van der Waals surface area contributed by atoms with Crippen LogP contribution in [0.2, 0.25) is 0 Å². The Balaban J connectivity index is 2.59. The lowest BCUT2D eigenvalue weighted by Gasteiger charge is -2.06. The second kappa shape index (κ2) is 4.08. The number of aryl methyl sites for hydroxylation is 1. The van der Waals surface area contributed by atoms with Crippen LogP contribution in [0.3, 0.4) is 0 Å². The van der Waals surface area contributed by atoms with Crippen molar-refractivity contribution < 1.29 is 5.11 Å². The summed E-state index contributed by atoms with van der Waals surface area (Å²) in [5.74, 6) is 0.0276. The summed E-state index contributed by atoms with van der Waals surface area (Å²) in [6.45, 7) is 2.02. The van der Waals surface area contributed by atoms with E-state index in [0.29, 0.717) is 5.56 Å². The molecule has 1 N–H and O–H groups in total. The van der Waals surface area contributed by atoms with Gasteiger partial charge in [0.05, 0.1) is 5.56 Å². The van der Waals surface area contributed by atoms with E-state index in [1.807, 2.05) is 43.3 Å². The Labute approximate surface area is 94.4 Å². The quantitative estimate of drug-likeness (QED) is 0.783. The third-order valence-electron chi connectivity index (χ3n) is 2.57. The Morgan fingerprint density at radius 3 is 2.56 bits per heavy atom. The zero-order valence-corrected chi connectivity index (χ0v) is 8.94. The number of aromatic hydroxyl groups is 1. The molecular formula is C14H11NO. The molecule has 78 valence electrons. The molecule has 2 rings (SSSR count). The lowest BCUT2D eigenvalue weighted by atomic mass is 9.99. The van der Waals surface area contributed by atoms with Gasteiger partial charge in [-0.3, -0.25) is 0 Å². The smallest absolute Gasteiger partial charge is 0.133 e. The summed E-state index contributed by atoms with van der Waals surface area (Å²) in [4.78, 5) is 0. The average molecular weight is 209 g/mol. The Morgan fingerprint density at radius 1 is 1.12 bits per heavy atom. The lowest BCUT2D eigenvalue weighted by molar-refractivity contribution is 0.473. The maximum absolute atomic E-state index is 9.43. The van der Waals surface area contributed by atoms with Gasteiger partial charge in [-0.1, -0.05) is 30.3 Å². The van der Waals surface area contributed by atoms with Crippen molar-refractivity contribution in [3.63, 3.8) is 0 Å². The summed E-state index contributed by atoms with van der Waals surface area (Å²) in [5.41, 5.74) is 3.49. The van der Waals surface area contributed by atoms with Gasteiger partial charge in [-0.05, 0) is 35.7 Å². The number of nitrogens with zero attached hydrogens (tertiary/aromatic N) is 1. The summed E-state index contributed by atoms with van der Waals surface area (Å²) >= 11 is 0. The largest absolute Gasteiger partial charge is 0.507 e. The predicted octanol–water partition coefficient (Wildman–Crippen LogP) is 3.24. The average Bonchev–Trinajstić information content (AvgIpc) is 2.31. The van der Waals surface area contributed by atoms with Crippen LogP contribution < -0.4 is 0 Å². The van der Waals surface area contributed by atoms with Crippen molar-refractivity contribution in [1.82, 2.24) is 0 Å². The van der Waals surface area contributed by atoms with Crippen LogP contribution in [0.5, 0.6) is 5.75 Å². The van der Waals surface area contributed by atoms with E-state index < -0.39 is 0 Å². The molecule has 2 aromatic rings. The van der Waals surface area contributed by atoms with Crippen molar-refractivity contribution in [2.75, 3.05) is 0 Å². The second-order valence-electron chi connectivity index (χ2n) is 3.66. The van der Waals surface area contributed by atoms with E-state index in [0.717, 1.165) is 16.7 Å². The maximum Gasteiger partial charge on any atom is 0.133 e. The second-order valence-corrected chi connectivity index (χ2v) is 3.66. The Hall–Kier alpha value is -2.27. The minimum Gasteiger partial charge on any atom is -0.507 e. The molecule has 0 amide bonds. The predicted molar refractivity (Wildman–Crippen MR) is 63.0 cm³/mol. The van der Waals surface area contributed by atoms with E-state index in [1.165, 1.54) is 0 Å². The van der Waals surface area contributed by atoms with E-state index in [2.05, 4.69) is 0 Å². The van der Waals surface area contributed by atoms with E-state index in [4.69, 9.17) is 5.26 Å². The number of hydrogen-bond donors (Lipinski definition) is 1. The summed E-state index contributed by atoms with van der Waals surface area (Å²) in [7, 11) is 0. The molecule has 0 aromatic heterocycles. The van der Waals surface area contributed by atoms with E-state index in [9.17, 15) is 5.11 Å². The van der Waals surface area contributed by atoms with Crippen molar-refractivity contribution >= 4 is 0 Å². The highest BCUT2D eigenvalue weighted by atomic mass is 16.3. The van der Waals surface area contributed by atoms with Gasteiger partial charge in [-0.25, -0.2) is 0 Å². The molecule has 0 fully saturated rings. The van der Waals surface area contributed by atoms with Crippen molar-refractivity contribution in [3.05, 3.63) is 53.6 Å². The van der Waals surface area contributed by atoms with Crippen LogP contribution in [0.25, 0.3) is 11.1 Å². The van der Waals surface area contributed by atoms with Gasteiger partial charge in [-0.2, -0.15) is 5.26 Å². The minimum absolute atomic E-state index is 0.0276. The van der Waals surface area contributed by atoms with Gasteiger partial charge in [0, 0.05) is 0 Å². The molecule has 0 saturated carbocycles. The first-order valence-electron chi connectivity index (χ1n) is 5.01. The van der Waals surface area contributed by atoms with Gasteiger partial charge in [0.15, 0.2) is 0 Å². The number of nitriles is 1. The fraction of sp³-hybridized carbons (Fsp3) is 0.0714. The van der Waals surface area contributed by atoms with Crippen molar-refractivity contribution in [3.8, 4) is 22.9 Å². The molecule has 2 heteroatoms. The van der Waals surface area contributed by atoms with Crippen LogP contribution in [0, 0.1) is 18.3 Å². The molecule has 2 aromatic carbocycles. The highest BCUT2D eigenvalue weighted by Gasteiger charge is 2.05. The van der Waals surface area contributed by atoms with Gasteiger partial charge in [0.1, 0.15) is 11.8 Å². The number of phenolic OH excluding ortho intramolecular Hbond substituents is 1. The zero-order chi connectivity index (χ0) is 11.5. The molecule has 0 saturated heterocycles. The van der Waals surface area contributed by atoms with Crippen LogP contribution in [0.15, 0.2) is 42.5 Å². The standard InChI is InChI=1S/C14H11NO/c1-10-4-2-3-5-13(10)11-6-7-14(16)12(8-11)9-15/h2-8,16H,1H3. The molecule has 0 atom stereocenters. The first-order chi connectivity index (χ1) is 7.72. The first-order valence-corrected chi connectivity index (χ1v) is 5.01. The number of phenols is 1. The lowest BCUT2D eigenvalue weighted by Crippen LogP contribution is -1.84. The van der Waals surface area contributed by atoms with Crippen LogP contribution in [0.1, 0.15) is 11.1 Å². The molecule has 0 bridgehead atoms. The van der Waals surface area contributed by atoms with Crippen LogP contribution in [-0.4, -0.2) is 5.11 Å². The third-order valence-corrected chi connectivity index (χ3v) is 2.57. The normalized spacial score (nSPS) is 9.75. The molecule has 0 heterocycles. The molecule has 0 spiro atoms. The molecule has 2 nitrogen and oxygen atoms in total. The minimum atomic E-state index is 0.0276. The number of hydrogen-bond acceptors (Lipinski definition) is 2. The fourth-order valence-electron chi connectivity index (χ4n) is 1.69. The summed E-state index contributed by atoms with van der Waals surface area (Å²) in [6, 6.07) is 15.0. The Bertz CT molecular complexity index is 567. The maximum atomic E-state index is 9.43. The number of benzene rings is 2. The fourth-order valence-corrected chi connectivity index (χ4v) is 1.69. The van der Waals surface area contributed by atoms with Gasteiger partial charge >= 0.3 is 0 Å². The van der Waals surface area contributed by atoms with Gasteiger partial charge in [-0.15, -0.1) is 0 Å².